The summed E-state index contributed by atoms with van der Waals surface area (Å²) >= 11 is 5.90. The van der Waals surface area contributed by atoms with Crippen LogP contribution in [0.2, 0.25) is 5.02 Å². The Morgan fingerprint density at radius 3 is 2.37 bits per heavy atom. The number of alkyl carbamates (subject to hydrolysis) is 1. The first kappa shape index (κ1) is 21.5. The first-order valence-corrected chi connectivity index (χ1v) is 9.77. The summed E-state index contributed by atoms with van der Waals surface area (Å²) in [6.07, 6.45) is 1.23. The number of carbonyl (C=O) groups is 2. The van der Waals surface area contributed by atoms with Gasteiger partial charge in [-0.15, -0.1) is 0 Å². The molecule has 6 nitrogen and oxygen atoms in total. The highest BCUT2D eigenvalue weighted by atomic mass is 35.5. The van der Waals surface area contributed by atoms with Crippen molar-refractivity contribution in [2.75, 3.05) is 19.6 Å². The number of carbonyl (C=O) groups excluding carboxylic acids is 2. The van der Waals surface area contributed by atoms with E-state index in [1.807, 2.05) is 52.0 Å². The minimum atomic E-state index is -0.496. The number of amides is 2. The van der Waals surface area contributed by atoms with Crippen molar-refractivity contribution >= 4 is 23.6 Å². The molecule has 0 radical (unpaired) electrons. The van der Waals surface area contributed by atoms with E-state index in [-0.39, 0.29) is 24.1 Å². The SMILES string of the molecule is CC(NC(=O)CN1CCC(NC(=O)OC(C)(C)C)CC1)c1ccc(Cl)cc1. The van der Waals surface area contributed by atoms with Crippen molar-refractivity contribution in [2.45, 2.75) is 58.2 Å². The van der Waals surface area contributed by atoms with Gasteiger partial charge in [0.05, 0.1) is 12.6 Å². The van der Waals surface area contributed by atoms with E-state index in [2.05, 4.69) is 15.5 Å². The molecular formula is C20H30ClN3O3. The van der Waals surface area contributed by atoms with Gasteiger partial charge in [0.15, 0.2) is 0 Å². The van der Waals surface area contributed by atoms with Crippen molar-refractivity contribution in [1.82, 2.24) is 15.5 Å². The molecule has 1 heterocycles. The molecule has 150 valence electrons. The van der Waals surface area contributed by atoms with Gasteiger partial charge < -0.3 is 15.4 Å². The van der Waals surface area contributed by atoms with Crippen LogP contribution in [0.3, 0.4) is 0 Å². The number of ether oxygens (including phenoxy) is 1. The zero-order valence-corrected chi connectivity index (χ0v) is 17.3. The quantitative estimate of drug-likeness (QED) is 0.800. The Kier molecular flexibility index (Phi) is 7.50. The third kappa shape index (κ3) is 7.77. The van der Waals surface area contributed by atoms with E-state index in [9.17, 15) is 9.59 Å². The highest BCUT2D eigenvalue weighted by Gasteiger charge is 2.24. The van der Waals surface area contributed by atoms with E-state index in [1.54, 1.807) is 0 Å². The van der Waals surface area contributed by atoms with E-state index in [4.69, 9.17) is 16.3 Å². The number of piperidine rings is 1. The van der Waals surface area contributed by atoms with Crippen LogP contribution in [0.5, 0.6) is 0 Å². The topological polar surface area (TPSA) is 70.7 Å². The summed E-state index contributed by atoms with van der Waals surface area (Å²) in [5, 5.41) is 6.61. The van der Waals surface area contributed by atoms with Crippen molar-refractivity contribution in [3.63, 3.8) is 0 Å². The second kappa shape index (κ2) is 9.42. The predicted molar refractivity (Wildman–Crippen MR) is 107 cm³/mol. The van der Waals surface area contributed by atoms with Gasteiger partial charge in [-0.2, -0.15) is 0 Å². The number of hydrogen-bond acceptors (Lipinski definition) is 4. The fourth-order valence-electron chi connectivity index (χ4n) is 3.03. The molecule has 2 amide bonds. The molecule has 0 aromatic heterocycles. The minimum absolute atomic E-state index is 0.00370. The van der Waals surface area contributed by atoms with Crippen molar-refractivity contribution in [1.29, 1.82) is 0 Å². The van der Waals surface area contributed by atoms with E-state index in [1.165, 1.54) is 0 Å². The fraction of sp³-hybridized carbons (Fsp3) is 0.600. The molecule has 2 N–H and O–H groups in total. The van der Waals surface area contributed by atoms with E-state index >= 15 is 0 Å². The summed E-state index contributed by atoms with van der Waals surface area (Å²) in [5.74, 6) is -0.00370. The van der Waals surface area contributed by atoms with Crippen LogP contribution in [0, 0.1) is 0 Å². The van der Waals surface area contributed by atoms with Gasteiger partial charge in [0.25, 0.3) is 0 Å². The Hall–Kier alpha value is -1.79. The largest absolute Gasteiger partial charge is 0.444 e. The lowest BCUT2D eigenvalue weighted by Crippen LogP contribution is -2.48. The van der Waals surface area contributed by atoms with Crippen LogP contribution in [0.1, 0.15) is 52.1 Å². The molecule has 1 atom stereocenters. The number of hydrogen-bond donors (Lipinski definition) is 2. The zero-order valence-electron chi connectivity index (χ0n) is 16.5. The number of likely N-dealkylation sites (tertiary alicyclic amines) is 1. The number of halogens is 1. The molecule has 0 spiro atoms. The molecule has 2 rings (SSSR count). The molecule has 1 aliphatic rings. The summed E-state index contributed by atoms with van der Waals surface area (Å²) < 4.78 is 5.29. The normalized spacial score (nSPS) is 17.2. The summed E-state index contributed by atoms with van der Waals surface area (Å²) in [6, 6.07) is 7.50. The highest BCUT2D eigenvalue weighted by molar-refractivity contribution is 6.30. The maximum atomic E-state index is 12.3. The minimum Gasteiger partial charge on any atom is -0.444 e. The summed E-state index contributed by atoms with van der Waals surface area (Å²) in [7, 11) is 0. The van der Waals surface area contributed by atoms with Gasteiger partial charge in [0.2, 0.25) is 5.91 Å². The Bertz CT molecular complexity index is 635. The third-order valence-electron chi connectivity index (χ3n) is 4.42. The Morgan fingerprint density at radius 1 is 1.22 bits per heavy atom. The molecule has 1 unspecified atom stereocenters. The summed E-state index contributed by atoms with van der Waals surface area (Å²) in [6.45, 7) is 9.39. The van der Waals surface area contributed by atoms with Crippen molar-refractivity contribution in [2.24, 2.45) is 0 Å². The van der Waals surface area contributed by atoms with Crippen LogP contribution >= 0.6 is 11.6 Å². The average Bonchev–Trinajstić information content (AvgIpc) is 2.55. The second-order valence-electron chi connectivity index (χ2n) is 8.04. The molecule has 1 fully saturated rings. The summed E-state index contributed by atoms with van der Waals surface area (Å²) in [4.78, 5) is 26.3. The smallest absolute Gasteiger partial charge is 0.407 e. The van der Waals surface area contributed by atoms with Crippen LogP contribution in [-0.2, 0) is 9.53 Å². The van der Waals surface area contributed by atoms with Crippen LogP contribution in [0.25, 0.3) is 0 Å². The molecule has 1 aromatic rings. The molecule has 1 aromatic carbocycles. The molecule has 0 saturated carbocycles. The third-order valence-corrected chi connectivity index (χ3v) is 4.68. The number of nitrogens with zero attached hydrogens (tertiary/aromatic N) is 1. The van der Waals surface area contributed by atoms with E-state index in [0.29, 0.717) is 11.6 Å². The highest BCUT2D eigenvalue weighted by Crippen LogP contribution is 2.16. The molecule has 7 heteroatoms. The van der Waals surface area contributed by atoms with Gasteiger partial charge in [-0.1, -0.05) is 23.7 Å². The molecule has 0 aliphatic carbocycles. The lowest BCUT2D eigenvalue weighted by Gasteiger charge is -2.32. The number of nitrogens with one attached hydrogen (secondary N) is 2. The maximum Gasteiger partial charge on any atom is 0.407 e. The maximum absolute atomic E-state index is 12.3. The van der Waals surface area contributed by atoms with Gasteiger partial charge in [-0.25, -0.2) is 4.79 Å². The fourth-order valence-corrected chi connectivity index (χ4v) is 3.16. The molecule has 0 bridgehead atoms. The molecule has 1 saturated heterocycles. The standard InChI is InChI=1S/C20H30ClN3O3/c1-14(15-5-7-16(21)8-6-15)22-18(25)13-24-11-9-17(10-12-24)23-19(26)27-20(2,3)4/h5-8,14,17H,9-13H2,1-4H3,(H,22,25)(H,23,26). The lowest BCUT2D eigenvalue weighted by molar-refractivity contribution is -0.123. The zero-order chi connectivity index (χ0) is 20.0. The summed E-state index contributed by atoms with van der Waals surface area (Å²) in [5.41, 5.74) is 0.525. The predicted octanol–water partition coefficient (Wildman–Crippen LogP) is 3.51. The van der Waals surface area contributed by atoms with Crippen LogP contribution in [0.4, 0.5) is 4.79 Å². The van der Waals surface area contributed by atoms with Gasteiger partial charge in [-0.05, 0) is 58.2 Å². The van der Waals surface area contributed by atoms with Gasteiger partial charge in [0.1, 0.15) is 5.60 Å². The Balaban J connectivity index is 1.71. The number of rotatable bonds is 5. The van der Waals surface area contributed by atoms with Gasteiger partial charge in [-0.3, -0.25) is 9.69 Å². The van der Waals surface area contributed by atoms with E-state index < -0.39 is 5.60 Å². The van der Waals surface area contributed by atoms with Crippen LogP contribution < -0.4 is 10.6 Å². The molecule has 1 aliphatic heterocycles. The van der Waals surface area contributed by atoms with Crippen molar-refractivity contribution < 1.29 is 14.3 Å². The van der Waals surface area contributed by atoms with Crippen molar-refractivity contribution in [3.8, 4) is 0 Å². The lowest BCUT2D eigenvalue weighted by atomic mass is 10.1. The first-order valence-electron chi connectivity index (χ1n) is 9.39. The number of benzene rings is 1. The monoisotopic (exact) mass is 395 g/mol. The molecular weight excluding hydrogens is 366 g/mol. The van der Waals surface area contributed by atoms with Crippen molar-refractivity contribution in [3.05, 3.63) is 34.9 Å². The Morgan fingerprint density at radius 2 is 1.81 bits per heavy atom. The second-order valence-corrected chi connectivity index (χ2v) is 8.47. The molecule has 27 heavy (non-hydrogen) atoms. The van der Waals surface area contributed by atoms with Crippen LogP contribution in [0.15, 0.2) is 24.3 Å². The average molecular weight is 396 g/mol. The Labute approximate surface area is 166 Å². The van der Waals surface area contributed by atoms with Gasteiger partial charge in [0, 0.05) is 24.2 Å². The van der Waals surface area contributed by atoms with Gasteiger partial charge >= 0.3 is 6.09 Å². The first-order chi connectivity index (χ1) is 12.6. The van der Waals surface area contributed by atoms with Crippen LogP contribution in [-0.4, -0.2) is 48.2 Å². The van der Waals surface area contributed by atoms with E-state index in [0.717, 1.165) is 31.5 Å².